The molecule has 0 bridgehead atoms. The molecular weight excluding hydrogens is 207 g/mol. The topological polar surface area (TPSA) is 9.23 Å². The third-order valence-electron chi connectivity index (χ3n) is 1.83. The van der Waals surface area contributed by atoms with Gasteiger partial charge in [0, 0.05) is 5.75 Å². The molecule has 13 heavy (non-hydrogen) atoms. The van der Waals surface area contributed by atoms with Crippen molar-refractivity contribution >= 4 is 28.4 Å². The number of ether oxygens (including phenoxy) is 1. The Bertz CT molecular complexity index is 323. The fraction of sp³-hybridized carbons (Fsp3) is 0.222. The number of benzene rings is 1. The third-order valence-corrected chi connectivity index (χ3v) is 3.08. The largest absolute Gasteiger partial charge is 0.469 e. The Morgan fingerprint density at radius 3 is 2.62 bits per heavy atom. The molecule has 0 aliphatic carbocycles. The maximum atomic E-state index is 12.6. The van der Waals surface area contributed by atoms with E-state index in [0.717, 1.165) is 11.3 Å². The van der Waals surface area contributed by atoms with E-state index in [9.17, 15) is 4.39 Å². The van der Waals surface area contributed by atoms with Crippen LogP contribution in [0.5, 0.6) is 0 Å². The first-order valence-electron chi connectivity index (χ1n) is 3.84. The molecule has 68 valence electrons. The van der Waals surface area contributed by atoms with E-state index in [0.29, 0.717) is 4.38 Å². The second kappa shape index (κ2) is 3.64. The molecule has 1 heterocycles. The summed E-state index contributed by atoms with van der Waals surface area (Å²) in [5.74, 6) is 0.599. The quantitative estimate of drug-likeness (QED) is 0.665. The van der Waals surface area contributed by atoms with Gasteiger partial charge in [-0.3, -0.25) is 0 Å². The minimum atomic E-state index is -0.225. The van der Waals surface area contributed by atoms with Gasteiger partial charge in [-0.2, -0.15) is 0 Å². The molecule has 1 fully saturated rings. The lowest BCUT2D eigenvalue weighted by Gasteiger charge is -2.08. The summed E-state index contributed by atoms with van der Waals surface area (Å²) in [4.78, 5) is 0. The van der Waals surface area contributed by atoms with E-state index in [2.05, 4.69) is 0 Å². The van der Waals surface area contributed by atoms with Gasteiger partial charge >= 0.3 is 0 Å². The Hall–Kier alpha value is -0.610. The number of halogens is 1. The molecule has 1 saturated heterocycles. The van der Waals surface area contributed by atoms with Crippen LogP contribution in [0.1, 0.15) is 11.7 Å². The van der Waals surface area contributed by atoms with Crippen molar-refractivity contribution in [2.45, 2.75) is 6.10 Å². The molecule has 1 nitrogen and oxygen atoms in total. The Kier molecular flexibility index (Phi) is 2.51. The Labute approximate surface area is 85.3 Å². The lowest BCUT2D eigenvalue weighted by atomic mass is 10.1. The fourth-order valence-electron chi connectivity index (χ4n) is 1.17. The molecule has 0 saturated carbocycles. The summed E-state index contributed by atoms with van der Waals surface area (Å²) in [5, 5.41) is 0. The normalized spacial score (nSPS) is 21.6. The monoisotopic (exact) mass is 214 g/mol. The van der Waals surface area contributed by atoms with E-state index < -0.39 is 0 Å². The Morgan fingerprint density at radius 2 is 2.08 bits per heavy atom. The van der Waals surface area contributed by atoms with E-state index in [1.54, 1.807) is 12.1 Å². The van der Waals surface area contributed by atoms with E-state index in [4.69, 9.17) is 17.0 Å². The van der Waals surface area contributed by atoms with Crippen molar-refractivity contribution in [3.05, 3.63) is 35.6 Å². The summed E-state index contributed by atoms with van der Waals surface area (Å²) in [5.41, 5.74) is 0.980. The predicted molar refractivity (Wildman–Crippen MR) is 55.3 cm³/mol. The van der Waals surface area contributed by atoms with Crippen molar-refractivity contribution in [3.63, 3.8) is 0 Å². The summed E-state index contributed by atoms with van der Waals surface area (Å²) < 4.78 is 18.5. The molecule has 1 unspecified atom stereocenters. The zero-order chi connectivity index (χ0) is 9.26. The molecule has 1 aliphatic heterocycles. The average molecular weight is 214 g/mol. The van der Waals surface area contributed by atoms with Gasteiger partial charge in [-0.15, -0.1) is 0 Å². The molecule has 1 aliphatic rings. The molecule has 1 aromatic rings. The van der Waals surface area contributed by atoms with Gasteiger partial charge in [-0.05, 0) is 29.9 Å². The van der Waals surface area contributed by atoms with Crippen LogP contribution >= 0.6 is 24.0 Å². The zero-order valence-electron chi connectivity index (χ0n) is 6.70. The first kappa shape index (κ1) is 8.97. The van der Waals surface area contributed by atoms with Crippen LogP contribution < -0.4 is 0 Å². The highest BCUT2D eigenvalue weighted by molar-refractivity contribution is 8.22. The summed E-state index contributed by atoms with van der Waals surface area (Å²) in [6, 6.07) is 6.33. The Balaban J connectivity index is 2.17. The van der Waals surface area contributed by atoms with Crippen molar-refractivity contribution in [3.8, 4) is 0 Å². The van der Waals surface area contributed by atoms with Crippen LogP contribution in [0.15, 0.2) is 24.3 Å². The molecule has 0 aromatic heterocycles. The van der Waals surface area contributed by atoms with Crippen molar-refractivity contribution < 1.29 is 9.13 Å². The van der Waals surface area contributed by atoms with E-state index in [1.807, 2.05) is 0 Å². The molecule has 1 atom stereocenters. The van der Waals surface area contributed by atoms with Gasteiger partial charge in [0.05, 0.1) is 0 Å². The van der Waals surface area contributed by atoms with Crippen LogP contribution in [0.2, 0.25) is 0 Å². The number of rotatable bonds is 1. The van der Waals surface area contributed by atoms with Crippen LogP contribution in [0.4, 0.5) is 4.39 Å². The van der Waals surface area contributed by atoms with E-state index in [-0.39, 0.29) is 11.9 Å². The number of hydrogen-bond donors (Lipinski definition) is 0. The highest BCUT2D eigenvalue weighted by atomic mass is 32.2. The van der Waals surface area contributed by atoms with Gasteiger partial charge in [-0.1, -0.05) is 23.9 Å². The van der Waals surface area contributed by atoms with Crippen LogP contribution in [-0.4, -0.2) is 10.1 Å². The standard InChI is InChI=1S/C9H7FOS2/c10-7-3-1-6(2-4-7)8-5-13-9(12)11-8/h1-4,8H,5H2. The number of thioether (sulfide) groups is 1. The lowest BCUT2D eigenvalue weighted by Crippen LogP contribution is -1.99. The highest BCUT2D eigenvalue weighted by Gasteiger charge is 2.22. The smallest absolute Gasteiger partial charge is 0.220 e. The lowest BCUT2D eigenvalue weighted by molar-refractivity contribution is 0.242. The predicted octanol–water partition coefficient (Wildman–Crippen LogP) is 2.92. The molecule has 0 radical (unpaired) electrons. The Morgan fingerprint density at radius 1 is 1.38 bits per heavy atom. The summed E-state index contributed by atoms with van der Waals surface area (Å²) in [6.07, 6.45) is -0.00176. The molecule has 0 amide bonds. The SMILES string of the molecule is Fc1ccc(C2CSC(=S)O2)cc1. The number of hydrogen-bond acceptors (Lipinski definition) is 3. The van der Waals surface area contributed by atoms with Crippen molar-refractivity contribution in [2.24, 2.45) is 0 Å². The summed E-state index contributed by atoms with van der Waals surface area (Å²) in [7, 11) is 0. The molecule has 0 spiro atoms. The van der Waals surface area contributed by atoms with Gasteiger partial charge in [0.25, 0.3) is 0 Å². The third kappa shape index (κ3) is 2.00. The minimum absolute atomic E-state index is 0.00176. The maximum Gasteiger partial charge on any atom is 0.220 e. The van der Waals surface area contributed by atoms with Crippen LogP contribution in [0.3, 0.4) is 0 Å². The molecule has 4 heteroatoms. The van der Waals surface area contributed by atoms with Crippen molar-refractivity contribution in [1.82, 2.24) is 0 Å². The zero-order valence-corrected chi connectivity index (χ0v) is 8.33. The van der Waals surface area contributed by atoms with E-state index >= 15 is 0 Å². The van der Waals surface area contributed by atoms with Gasteiger partial charge in [0.2, 0.25) is 4.38 Å². The van der Waals surface area contributed by atoms with Crippen LogP contribution in [0.25, 0.3) is 0 Å². The first-order valence-corrected chi connectivity index (χ1v) is 5.24. The van der Waals surface area contributed by atoms with Crippen molar-refractivity contribution in [2.75, 3.05) is 5.75 Å². The minimum Gasteiger partial charge on any atom is -0.469 e. The van der Waals surface area contributed by atoms with Gasteiger partial charge < -0.3 is 4.74 Å². The summed E-state index contributed by atoms with van der Waals surface area (Å²) >= 11 is 6.41. The second-order valence-electron chi connectivity index (χ2n) is 2.72. The molecule has 2 rings (SSSR count). The van der Waals surface area contributed by atoms with Gasteiger partial charge in [-0.25, -0.2) is 4.39 Å². The molecule has 1 aromatic carbocycles. The molecular formula is C9H7FOS2. The van der Waals surface area contributed by atoms with Gasteiger partial charge in [0.1, 0.15) is 11.9 Å². The van der Waals surface area contributed by atoms with Crippen LogP contribution in [0, 0.1) is 5.82 Å². The van der Waals surface area contributed by atoms with Gasteiger partial charge in [0.15, 0.2) is 0 Å². The number of thiocarbonyl (C=S) groups is 1. The maximum absolute atomic E-state index is 12.6. The summed E-state index contributed by atoms with van der Waals surface area (Å²) in [6.45, 7) is 0. The second-order valence-corrected chi connectivity index (χ2v) is 4.34. The fourth-order valence-corrected chi connectivity index (χ4v) is 2.22. The first-order chi connectivity index (χ1) is 6.25. The van der Waals surface area contributed by atoms with E-state index in [1.165, 1.54) is 23.9 Å². The van der Waals surface area contributed by atoms with Crippen LogP contribution in [-0.2, 0) is 4.74 Å². The highest BCUT2D eigenvalue weighted by Crippen LogP contribution is 2.31. The average Bonchev–Trinajstić information content (AvgIpc) is 2.53. The molecule has 0 N–H and O–H groups in total. The van der Waals surface area contributed by atoms with Crippen molar-refractivity contribution in [1.29, 1.82) is 0 Å².